The highest BCUT2D eigenvalue weighted by molar-refractivity contribution is 5.73. The van der Waals surface area contributed by atoms with Crippen LogP contribution in [-0.2, 0) is 6.42 Å². The van der Waals surface area contributed by atoms with E-state index >= 15 is 0 Å². The number of hydrogen-bond donors (Lipinski definition) is 1. The Hall–Kier alpha value is -2.02. The van der Waals surface area contributed by atoms with Crippen molar-refractivity contribution < 1.29 is 9.53 Å². The van der Waals surface area contributed by atoms with Crippen LogP contribution in [0.4, 0.5) is 10.6 Å². The molecule has 3 aliphatic rings. The van der Waals surface area contributed by atoms with Crippen LogP contribution < -0.4 is 15.0 Å². The molecule has 2 aliphatic heterocycles. The van der Waals surface area contributed by atoms with Gasteiger partial charge < -0.3 is 19.9 Å². The van der Waals surface area contributed by atoms with Gasteiger partial charge in [-0.1, -0.05) is 0 Å². The quantitative estimate of drug-likeness (QED) is 0.821. The van der Waals surface area contributed by atoms with Gasteiger partial charge in [0.1, 0.15) is 0 Å². The molecule has 0 spiro atoms. The summed E-state index contributed by atoms with van der Waals surface area (Å²) in [6.45, 7) is 6.21. The second kappa shape index (κ2) is 9.20. The Labute approximate surface area is 174 Å². The lowest BCUT2D eigenvalue weighted by Gasteiger charge is -2.37. The van der Waals surface area contributed by atoms with Gasteiger partial charge in [-0.3, -0.25) is 4.90 Å². The first-order chi connectivity index (χ1) is 14.1. The summed E-state index contributed by atoms with van der Waals surface area (Å²) in [7, 11) is 3.60. The molecule has 7 heteroatoms. The minimum atomic E-state index is 0.0373. The van der Waals surface area contributed by atoms with E-state index in [1.54, 1.807) is 19.0 Å². The first kappa shape index (κ1) is 20.3. The van der Waals surface area contributed by atoms with Crippen molar-refractivity contribution in [1.29, 1.82) is 0 Å². The minimum Gasteiger partial charge on any atom is -0.489 e. The number of piperazine rings is 1. The van der Waals surface area contributed by atoms with Gasteiger partial charge in [0.15, 0.2) is 11.6 Å². The van der Waals surface area contributed by atoms with Crippen LogP contribution in [0, 0.1) is 5.92 Å². The predicted octanol–water partition coefficient (Wildman–Crippen LogP) is 2.36. The monoisotopic (exact) mass is 401 g/mol. The van der Waals surface area contributed by atoms with E-state index in [0.29, 0.717) is 6.04 Å². The number of carbonyl (C=O) groups is 1. The fourth-order valence-electron chi connectivity index (χ4n) is 4.77. The summed E-state index contributed by atoms with van der Waals surface area (Å²) in [6, 6.07) is 2.48. The lowest BCUT2D eigenvalue weighted by molar-refractivity contribution is 0.194. The second-order valence-electron chi connectivity index (χ2n) is 8.90. The second-order valence-corrected chi connectivity index (χ2v) is 8.90. The average molecular weight is 402 g/mol. The highest BCUT2D eigenvalue weighted by atomic mass is 16.5. The number of nitrogens with zero attached hydrogens (tertiary/aromatic N) is 4. The number of amides is 2. The number of carbonyl (C=O) groups excluding carboxylic acids is 1. The Morgan fingerprint density at radius 1 is 1.21 bits per heavy atom. The van der Waals surface area contributed by atoms with Gasteiger partial charge in [0, 0.05) is 64.5 Å². The number of aromatic nitrogens is 1. The van der Waals surface area contributed by atoms with Crippen LogP contribution >= 0.6 is 0 Å². The van der Waals surface area contributed by atoms with Crippen molar-refractivity contribution in [1.82, 2.24) is 20.1 Å². The summed E-state index contributed by atoms with van der Waals surface area (Å²) >= 11 is 0. The molecule has 1 aromatic heterocycles. The molecule has 1 N–H and O–H groups in total. The maximum absolute atomic E-state index is 11.8. The Balaban J connectivity index is 1.17. The number of urea groups is 1. The Bertz CT molecular complexity index is 694. The van der Waals surface area contributed by atoms with Gasteiger partial charge in [0.05, 0.1) is 6.61 Å². The fourth-order valence-corrected chi connectivity index (χ4v) is 4.77. The van der Waals surface area contributed by atoms with Crippen LogP contribution in [0.15, 0.2) is 12.3 Å². The molecule has 4 rings (SSSR count). The van der Waals surface area contributed by atoms with E-state index in [1.807, 2.05) is 6.20 Å². The Kier molecular flexibility index (Phi) is 6.43. The molecule has 0 bridgehead atoms. The maximum Gasteiger partial charge on any atom is 0.317 e. The molecule has 1 aliphatic carbocycles. The number of rotatable bonds is 5. The minimum absolute atomic E-state index is 0.0373. The summed E-state index contributed by atoms with van der Waals surface area (Å²) in [5, 5.41) is 3.14. The smallest absolute Gasteiger partial charge is 0.317 e. The van der Waals surface area contributed by atoms with E-state index in [2.05, 4.69) is 26.2 Å². The molecule has 7 nitrogen and oxygen atoms in total. The predicted molar refractivity (Wildman–Crippen MR) is 115 cm³/mol. The van der Waals surface area contributed by atoms with Gasteiger partial charge in [0.25, 0.3) is 0 Å². The SMILES string of the molecule is CN(C)C(=O)NC1CCC(CCN2CCN(c3nccc4c3OCC4)CC2)CC1. The number of anilines is 1. The van der Waals surface area contributed by atoms with Crippen molar-refractivity contribution in [2.24, 2.45) is 5.92 Å². The van der Waals surface area contributed by atoms with E-state index in [9.17, 15) is 4.79 Å². The molecule has 1 aromatic rings. The largest absolute Gasteiger partial charge is 0.489 e. The zero-order valence-corrected chi connectivity index (χ0v) is 17.9. The van der Waals surface area contributed by atoms with Gasteiger partial charge in [-0.25, -0.2) is 9.78 Å². The Morgan fingerprint density at radius 3 is 2.69 bits per heavy atom. The molecular weight excluding hydrogens is 366 g/mol. The third-order valence-electron chi connectivity index (χ3n) is 6.69. The maximum atomic E-state index is 11.8. The Morgan fingerprint density at radius 2 is 1.97 bits per heavy atom. The molecule has 0 radical (unpaired) electrons. The third kappa shape index (κ3) is 4.94. The number of pyridine rings is 1. The van der Waals surface area contributed by atoms with Gasteiger partial charge in [-0.05, 0) is 50.6 Å². The van der Waals surface area contributed by atoms with Crippen LogP contribution in [-0.4, -0.2) is 80.3 Å². The van der Waals surface area contributed by atoms with E-state index in [4.69, 9.17) is 4.74 Å². The molecule has 0 unspecified atom stereocenters. The third-order valence-corrected chi connectivity index (χ3v) is 6.69. The first-order valence-electron chi connectivity index (χ1n) is 11.2. The zero-order valence-electron chi connectivity index (χ0n) is 17.9. The number of nitrogens with one attached hydrogen (secondary N) is 1. The van der Waals surface area contributed by atoms with Gasteiger partial charge in [0.2, 0.25) is 0 Å². The van der Waals surface area contributed by atoms with Crippen LogP contribution in [0.1, 0.15) is 37.7 Å². The summed E-state index contributed by atoms with van der Waals surface area (Å²) in [6.07, 6.45) is 8.89. The van der Waals surface area contributed by atoms with E-state index in [0.717, 1.165) is 69.5 Å². The number of hydrogen-bond acceptors (Lipinski definition) is 5. The summed E-state index contributed by atoms with van der Waals surface area (Å²) in [5.41, 5.74) is 1.30. The van der Waals surface area contributed by atoms with Gasteiger partial charge >= 0.3 is 6.03 Å². The van der Waals surface area contributed by atoms with Crippen molar-refractivity contribution >= 4 is 11.8 Å². The average Bonchev–Trinajstić information content (AvgIpc) is 3.22. The standard InChI is InChI=1S/C22H35N5O2/c1-25(2)22(28)24-19-5-3-17(4-6-19)8-11-26-12-14-27(15-13-26)21-20-18(7-10-23-21)9-16-29-20/h7,10,17,19H,3-6,8-9,11-16H2,1-2H3,(H,24,28). The molecule has 1 saturated carbocycles. The molecule has 0 atom stereocenters. The van der Waals surface area contributed by atoms with Crippen molar-refractivity contribution in [3.8, 4) is 5.75 Å². The van der Waals surface area contributed by atoms with E-state index in [-0.39, 0.29) is 6.03 Å². The molecule has 2 amide bonds. The topological polar surface area (TPSA) is 60.9 Å². The number of fused-ring (bicyclic) bond motifs is 1. The van der Waals surface area contributed by atoms with Crippen molar-refractivity contribution in [2.75, 3.05) is 58.3 Å². The zero-order chi connectivity index (χ0) is 20.2. The van der Waals surface area contributed by atoms with Crippen LogP contribution in [0.3, 0.4) is 0 Å². The van der Waals surface area contributed by atoms with Gasteiger partial charge in [-0.2, -0.15) is 0 Å². The van der Waals surface area contributed by atoms with E-state index in [1.165, 1.54) is 31.4 Å². The van der Waals surface area contributed by atoms with Crippen LogP contribution in [0.25, 0.3) is 0 Å². The first-order valence-corrected chi connectivity index (χ1v) is 11.2. The van der Waals surface area contributed by atoms with Gasteiger partial charge in [-0.15, -0.1) is 0 Å². The highest BCUT2D eigenvalue weighted by Gasteiger charge is 2.26. The lowest BCUT2D eigenvalue weighted by Crippen LogP contribution is -2.47. The molecule has 1 saturated heterocycles. The van der Waals surface area contributed by atoms with Crippen LogP contribution in [0.5, 0.6) is 5.75 Å². The molecule has 160 valence electrons. The molecule has 3 heterocycles. The summed E-state index contributed by atoms with van der Waals surface area (Å²) in [5.74, 6) is 2.85. The molecular formula is C22H35N5O2. The fraction of sp³-hybridized carbons (Fsp3) is 0.727. The normalized spacial score (nSPS) is 24.7. The molecule has 0 aromatic carbocycles. The van der Waals surface area contributed by atoms with Crippen molar-refractivity contribution in [3.63, 3.8) is 0 Å². The van der Waals surface area contributed by atoms with Crippen molar-refractivity contribution in [2.45, 2.75) is 44.6 Å². The summed E-state index contributed by atoms with van der Waals surface area (Å²) < 4.78 is 5.84. The van der Waals surface area contributed by atoms with Crippen molar-refractivity contribution in [3.05, 3.63) is 17.8 Å². The van der Waals surface area contributed by atoms with E-state index < -0.39 is 0 Å². The number of ether oxygens (including phenoxy) is 1. The molecule has 29 heavy (non-hydrogen) atoms. The molecule has 2 fully saturated rings. The lowest BCUT2D eigenvalue weighted by atomic mass is 9.84. The highest BCUT2D eigenvalue weighted by Crippen LogP contribution is 2.34. The summed E-state index contributed by atoms with van der Waals surface area (Å²) in [4.78, 5) is 23.0. The van der Waals surface area contributed by atoms with Crippen LogP contribution in [0.2, 0.25) is 0 Å².